The van der Waals surface area contributed by atoms with Crippen molar-refractivity contribution in [3.8, 4) is 5.75 Å². The van der Waals surface area contributed by atoms with Crippen molar-refractivity contribution in [1.82, 2.24) is 5.32 Å². The van der Waals surface area contributed by atoms with Gasteiger partial charge in [-0.1, -0.05) is 13.0 Å². The number of carbonyl (C=O) groups is 2. The Bertz CT molecular complexity index is 540. The summed E-state index contributed by atoms with van der Waals surface area (Å²) >= 11 is 0. The number of hydrogen-bond acceptors (Lipinski definition) is 4. The summed E-state index contributed by atoms with van der Waals surface area (Å²) in [4.78, 5) is 23.3. The minimum Gasteiger partial charge on any atom is -0.480 e. The molecule has 0 bridgehead atoms. The fraction of sp³-hybridized carbons (Fsp3) is 0.467. The summed E-state index contributed by atoms with van der Waals surface area (Å²) in [7, 11) is 0. The molecule has 0 saturated carbocycles. The van der Waals surface area contributed by atoms with E-state index in [2.05, 4.69) is 5.32 Å². The molecule has 4 N–H and O–H groups in total. The zero-order chi connectivity index (χ0) is 16.2. The number of nitrogens with two attached hydrogens (primary N) is 1. The van der Waals surface area contributed by atoms with Gasteiger partial charge in [-0.3, -0.25) is 4.79 Å². The van der Waals surface area contributed by atoms with Crippen LogP contribution < -0.4 is 15.8 Å². The first kappa shape index (κ1) is 16.8. The maximum atomic E-state index is 12.1. The molecule has 0 aliphatic carbocycles. The summed E-state index contributed by atoms with van der Waals surface area (Å²) in [6.45, 7) is 7.34. The number of amides is 1. The first-order valence-corrected chi connectivity index (χ1v) is 6.78. The van der Waals surface area contributed by atoms with Crippen LogP contribution in [-0.4, -0.2) is 28.6 Å². The molecule has 6 nitrogen and oxygen atoms in total. The number of aromatic carboxylic acids is 1. The third-order valence-electron chi connectivity index (χ3n) is 3.29. The molecule has 116 valence electrons. The van der Waals surface area contributed by atoms with Gasteiger partial charge in [-0.2, -0.15) is 0 Å². The SMILES string of the molecule is CCC(C)(C)NC(=O)C(C)Oc1cccc(N)c1C(=O)O. The monoisotopic (exact) mass is 294 g/mol. The van der Waals surface area contributed by atoms with Gasteiger partial charge in [0, 0.05) is 11.2 Å². The molecule has 1 amide bonds. The number of rotatable bonds is 6. The Morgan fingerprint density at radius 3 is 2.57 bits per heavy atom. The Kier molecular flexibility index (Phi) is 5.18. The smallest absolute Gasteiger partial charge is 0.341 e. The van der Waals surface area contributed by atoms with Crippen molar-refractivity contribution >= 4 is 17.6 Å². The highest BCUT2D eigenvalue weighted by molar-refractivity contribution is 5.97. The number of carbonyl (C=O) groups excluding carboxylic acids is 1. The summed E-state index contributed by atoms with van der Waals surface area (Å²) in [6, 6.07) is 4.54. The van der Waals surface area contributed by atoms with Gasteiger partial charge in [0.05, 0.1) is 0 Å². The second kappa shape index (κ2) is 6.47. The maximum absolute atomic E-state index is 12.1. The first-order chi connectivity index (χ1) is 9.68. The van der Waals surface area contributed by atoms with Crippen molar-refractivity contribution in [3.63, 3.8) is 0 Å². The summed E-state index contributed by atoms with van der Waals surface area (Å²) < 4.78 is 5.47. The molecule has 0 aliphatic rings. The van der Waals surface area contributed by atoms with E-state index in [4.69, 9.17) is 15.6 Å². The fourth-order valence-corrected chi connectivity index (χ4v) is 1.64. The van der Waals surface area contributed by atoms with Crippen LogP contribution in [0.4, 0.5) is 5.69 Å². The molecule has 1 aromatic rings. The van der Waals surface area contributed by atoms with Crippen LogP contribution in [0.25, 0.3) is 0 Å². The van der Waals surface area contributed by atoms with Gasteiger partial charge in [-0.15, -0.1) is 0 Å². The Morgan fingerprint density at radius 1 is 1.43 bits per heavy atom. The summed E-state index contributed by atoms with van der Waals surface area (Å²) in [5, 5.41) is 12.0. The number of nitrogens with one attached hydrogen (secondary N) is 1. The molecule has 0 spiro atoms. The Morgan fingerprint density at radius 2 is 2.05 bits per heavy atom. The number of carboxylic acids is 1. The minimum atomic E-state index is -1.19. The standard InChI is InChI=1S/C15H22N2O4/c1-5-15(3,4)17-13(18)9(2)21-11-8-6-7-10(16)12(11)14(19)20/h6-9H,5,16H2,1-4H3,(H,17,18)(H,19,20). The Hall–Kier alpha value is -2.24. The van der Waals surface area contributed by atoms with E-state index in [9.17, 15) is 9.59 Å². The molecule has 1 aromatic carbocycles. The van der Waals surface area contributed by atoms with Crippen LogP contribution in [0, 0.1) is 0 Å². The third kappa shape index (κ3) is 4.37. The van der Waals surface area contributed by atoms with E-state index in [1.54, 1.807) is 13.0 Å². The molecule has 1 atom stereocenters. The van der Waals surface area contributed by atoms with E-state index in [0.717, 1.165) is 6.42 Å². The average molecular weight is 294 g/mol. The molecule has 1 unspecified atom stereocenters. The van der Waals surface area contributed by atoms with Gasteiger partial charge in [0.25, 0.3) is 5.91 Å². The van der Waals surface area contributed by atoms with Gasteiger partial charge in [-0.25, -0.2) is 4.79 Å². The number of nitrogen functional groups attached to an aromatic ring is 1. The van der Waals surface area contributed by atoms with Crippen LogP contribution in [0.1, 0.15) is 44.5 Å². The van der Waals surface area contributed by atoms with Gasteiger partial charge < -0.3 is 20.9 Å². The number of ether oxygens (including phenoxy) is 1. The highest BCUT2D eigenvalue weighted by Crippen LogP contribution is 2.25. The molecule has 0 heterocycles. The predicted molar refractivity (Wildman–Crippen MR) is 80.4 cm³/mol. The molecule has 21 heavy (non-hydrogen) atoms. The van der Waals surface area contributed by atoms with Crippen molar-refractivity contribution in [3.05, 3.63) is 23.8 Å². The molecule has 1 rings (SSSR count). The van der Waals surface area contributed by atoms with Crippen molar-refractivity contribution in [2.24, 2.45) is 0 Å². The van der Waals surface area contributed by atoms with Crippen LogP contribution in [0.3, 0.4) is 0 Å². The molecule has 0 fully saturated rings. The van der Waals surface area contributed by atoms with Crippen molar-refractivity contribution in [2.75, 3.05) is 5.73 Å². The second-order valence-electron chi connectivity index (χ2n) is 5.51. The van der Waals surface area contributed by atoms with E-state index in [0.29, 0.717) is 0 Å². The lowest BCUT2D eigenvalue weighted by atomic mass is 10.0. The largest absolute Gasteiger partial charge is 0.480 e. The van der Waals surface area contributed by atoms with E-state index in [-0.39, 0.29) is 28.4 Å². The highest BCUT2D eigenvalue weighted by Gasteiger charge is 2.24. The summed E-state index contributed by atoms with van der Waals surface area (Å²) in [5.74, 6) is -1.41. The van der Waals surface area contributed by atoms with Gasteiger partial charge in [0.15, 0.2) is 6.10 Å². The summed E-state index contributed by atoms with van der Waals surface area (Å²) in [6.07, 6.45) is -0.0554. The Labute approximate surface area is 124 Å². The van der Waals surface area contributed by atoms with Crippen molar-refractivity contribution < 1.29 is 19.4 Å². The normalized spacial score (nSPS) is 12.6. The summed E-state index contributed by atoms with van der Waals surface area (Å²) in [5.41, 5.74) is 5.25. The average Bonchev–Trinajstić information content (AvgIpc) is 2.37. The first-order valence-electron chi connectivity index (χ1n) is 6.78. The van der Waals surface area contributed by atoms with E-state index < -0.39 is 12.1 Å². The molecule has 0 aromatic heterocycles. The van der Waals surface area contributed by atoms with Crippen LogP contribution in [0.5, 0.6) is 5.75 Å². The lowest BCUT2D eigenvalue weighted by molar-refractivity contribution is -0.129. The van der Waals surface area contributed by atoms with Gasteiger partial charge in [-0.05, 0) is 39.3 Å². The third-order valence-corrected chi connectivity index (χ3v) is 3.29. The Balaban J connectivity index is 2.89. The number of hydrogen-bond donors (Lipinski definition) is 3. The van der Waals surface area contributed by atoms with Crippen molar-refractivity contribution in [1.29, 1.82) is 0 Å². The second-order valence-corrected chi connectivity index (χ2v) is 5.51. The molecule has 0 radical (unpaired) electrons. The van der Waals surface area contributed by atoms with Gasteiger partial charge in [0.1, 0.15) is 11.3 Å². The lowest BCUT2D eigenvalue weighted by Gasteiger charge is -2.26. The van der Waals surface area contributed by atoms with Gasteiger partial charge >= 0.3 is 5.97 Å². The molecule has 0 saturated heterocycles. The van der Waals surface area contributed by atoms with E-state index in [1.807, 2.05) is 20.8 Å². The van der Waals surface area contributed by atoms with Crippen LogP contribution >= 0.6 is 0 Å². The number of benzene rings is 1. The topological polar surface area (TPSA) is 102 Å². The van der Waals surface area contributed by atoms with Crippen LogP contribution in [0.2, 0.25) is 0 Å². The van der Waals surface area contributed by atoms with Crippen LogP contribution in [-0.2, 0) is 4.79 Å². The number of anilines is 1. The quantitative estimate of drug-likeness (QED) is 0.697. The van der Waals surface area contributed by atoms with Crippen LogP contribution in [0.15, 0.2) is 18.2 Å². The molecule has 6 heteroatoms. The molecular weight excluding hydrogens is 272 g/mol. The maximum Gasteiger partial charge on any atom is 0.341 e. The lowest BCUT2D eigenvalue weighted by Crippen LogP contribution is -2.48. The zero-order valence-corrected chi connectivity index (χ0v) is 12.8. The van der Waals surface area contributed by atoms with Gasteiger partial charge in [0.2, 0.25) is 0 Å². The fourth-order valence-electron chi connectivity index (χ4n) is 1.64. The predicted octanol–water partition coefficient (Wildman–Crippen LogP) is 2.04. The number of carboxylic acid groups (broad SMARTS) is 1. The van der Waals surface area contributed by atoms with Crippen molar-refractivity contribution in [2.45, 2.75) is 45.8 Å². The van der Waals surface area contributed by atoms with E-state index in [1.165, 1.54) is 12.1 Å². The van der Waals surface area contributed by atoms with E-state index >= 15 is 0 Å². The minimum absolute atomic E-state index is 0.0828. The zero-order valence-electron chi connectivity index (χ0n) is 12.8. The molecular formula is C15H22N2O4. The highest BCUT2D eigenvalue weighted by atomic mass is 16.5. The molecule has 0 aliphatic heterocycles.